The topological polar surface area (TPSA) is 55.3 Å². The van der Waals surface area contributed by atoms with Gasteiger partial charge in [0.05, 0.1) is 29.7 Å². The third kappa shape index (κ3) is 5.22. The molecule has 8 rings (SSSR count). The molecule has 1 aromatic heterocycles. The number of hydrogen-bond acceptors (Lipinski definition) is 5. The summed E-state index contributed by atoms with van der Waals surface area (Å²) in [6.07, 6.45) is 0. The highest BCUT2D eigenvalue weighted by Crippen LogP contribution is 2.52. The van der Waals surface area contributed by atoms with Crippen molar-refractivity contribution in [2.75, 3.05) is 12.0 Å². The highest BCUT2D eigenvalue weighted by molar-refractivity contribution is 6.18. The Morgan fingerprint density at radius 3 is 1.94 bits per heavy atom. The van der Waals surface area contributed by atoms with E-state index in [9.17, 15) is 4.79 Å². The molecule has 228 valence electrons. The molecule has 1 aliphatic heterocycles. The zero-order valence-electron chi connectivity index (χ0n) is 26.5. The third-order valence-corrected chi connectivity index (χ3v) is 8.36. The molecule has 5 heteroatoms. The Labute approximate surface area is 274 Å². The molecule has 5 nitrogen and oxygen atoms in total. The van der Waals surface area contributed by atoms with Gasteiger partial charge in [-0.25, -0.2) is 14.8 Å². The van der Waals surface area contributed by atoms with Crippen molar-refractivity contribution in [2.45, 2.75) is 13.8 Å². The molecule has 2 heterocycles. The standard InChI is InChI=1S/C40H27N3O2.C2H6/c1-45-40(44)33-19-9-8-17-28(33)29-23-24-32-30-18-10-11-21-35(30)43(36-22-12-20-31(29)38(32)36)37-25-34(26-13-4-2-5-14-26)41-39(42-37)27-15-6-3-7-16-27;1-2/h2-25H,1H3;1-2H3. The van der Waals surface area contributed by atoms with Crippen LogP contribution in [-0.4, -0.2) is 23.0 Å². The molecular formula is C42H33N3O2. The first kappa shape index (κ1) is 29.6. The summed E-state index contributed by atoms with van der Waals surface area (Å²) in [5.41, 5.74) is 9.42. The normalized spacial score (nSPS) is 11.3. The lowest BCUT2D eigenvalue weighted by molar-refractivity contribution is 0.0601. The van der Waals surface area contributed by atoms with Gasteiger partial charge in [0.1, 0.15) is 5.82 Å². The molecule has 0 spiro atoms. The molecule has 0 amide bonds. The predicted molar refractivity (Wildman–Crippen MR) is 192 cm³/mol. The molecule has 0 atom stereocenters. The molecule has 6 aromatic carbocycles. The van der Waals surface area contributed by atoms with Gasteiger partial charge in [0, 0.05) is 28.1 Å². The van der Waals surface area contributed by atoms with Crippen LogP contribution in [0.2, 0.25) is 0 Å². The van der Waals surface area contributed by atoms with Crippen molar-refractivity contribution in [2.24, 2.45) is 0 Å². The van der Waals surface area contributed by atoms with Crippen molar-refractivity contribution in [3.63, 3.8) is 0 Å². The smallest absolute Gasteiger partial charge is 0.338 e. The number of ether oxygens (including phenoxy) is 1. The number of esters is 1. The number of aromatic nitrogens is 2. The molecule has 0 radical (unpaired) electrons. The van der Waals surface area contributed by atoms with Crippen molar-refractivity contribution in [1.82, 2.24) is 9.97 Å². The zero-order chi connectivity index (χ0) is 32.3. The van der Waals surface area contributed by atoms with Crippen LogP contribution in [-0.2, 0) is 4.74 Å². The minimum Gasteiger partial charge on any atom is -0.465 e. The summed E-state index contributed by atoms with van der Waals surface area (Å²) in [5, 5.41) is 2.14. The Bertz CT molecular complexity index is 2170. The number of benzene rings is 6. The molecular weight excluding hydrogens is 578 g/mol. The molecule has 0 N–H and O–H groups in total. The summed E-state index contributed by atoms with van der Waals surface area (Å²) in [7, 11) is 1.42. The molecule has 0 fully saturated rings. The van der Waals surface area contributed by atoms with E-state index in [4.69, 9.17) is 14.7 Å². The van der Waals surface area contributed by atoms with Crippen LogP contribution in [0, 0.1) is 0 Å². The molecule has 0 saturated heterocycles. The second-order valence-electron chi connectivity index (χ2n) is 10.9. The monoisotopic (exact) mass is 611 g/mol. The number of carbonyl (C=O) groups excluding carboxylic acids is 1. The lowest BCUT2D eigenvalue weighted by atomic mass is 9.86. The van der Waals surface area contributed by atoms with E-state index in [2.05, 4.69) is 77.7 Å². The zero-order valence-corrected chi connectivity index (χ0v) is 26.5. The van der Waals surface area contributed by atoms with E-state index in [0.29, 0.717) is 11.4 Å². The van der Waals surface area contributed by atoms with Gasteiger partial charge >= 0.3 is 5.97 Å². The van der Waals surface area contributed by atoms with Gasteiger partial charge in [-0.1, -0.05) is 135 Å². The first-order chi connectivity index (χ1) is 23.2. The highest BCUT2D eigenvalue weighted by atomic mass is 16.5. The first-order valence-electron chi connectivity index (χ1n) is 15.8. The molecule has 1 aliphatic rings. The minimum atomic E-state index is -0.360. The largest absolute Gasteiger partial charge is 0.465 e. The van der Waals surface area contributed by atoms with E-state index in [0.717, 1.165) is 67.0 Å². The Morgan fingerprint density at radius 1 is 0.574 bits per heavy atom. The van der Waals surface area contributed by atoms with E-state index >= 15 is 0 Å². The van der Waals surface area contributed by atoms with E-state index in [1.165, 1.54) is 7.11 Å². The van der Waals surface area contributed by atoms with Gasteiger partial charge < -0.3 is 4.74 Å². The molecule has 7 aromatic rings. The van der Waals surface area contributed by atoms with Crippen LogP contribution in [0.5, 0.6) is 0 Å². The van der Waals surface area contributed by atoms with Crippen LogP contribution in [0.15, 0.2) is 146 Å². The van der Waals surface area contributed by atoms with E-state index in [1.54, 1.807) is 0 Å². The number of hydrogen-bond donors (Lipinski definition) is 0. The second kappa shape index (κ2) is 12.7. The van der Waals surface area contributed by atoms with E-state index in [-0.39, 0.29) is 5.97 Å². The van der Waals surface area contributed by atoms with Crippen LogP contribution >= 0.6 is 0 Å². The maximum Gasteiger partial charge on any atom is 0.338 e. The van der Waals surface area contributed by atoms with Crippen LogP contribution < -0.4 is 4.90 Å². The Kier molecular flexibility index (Phi) is 8.03. The van der Waals surface area contributed by atoms with Crippen molar-refractivity contribution >= 4 is 33.9 Å². The van der Waals surface area contributed by atoms with Gasteiger partial charge in [0.15, 0.2) is 5.82 Å². The van der Waals surface area contributed by atoms with Crippen LogP contribution in [0.25, 0.3) is 55.7 Å². The van der Waals surface area contributed by atoms with Gasteiger partial charge in [-0.2, -0.15) is 0 Å². The average molecular weight is 612 g/mol. The fourth-order valence-electron chi connectivity index (χ4n) is 6.33. The highest BCUT2D eigenvalue weighted by Gasteiger charge is 2.29. The fraction of sp³-hybridized carbons (Fsp3) is 0.0714. The number of fused-ring (bicyclic) bond motifs is 2. The summed E-state index contributed by atoms with van der Waals surface area (Å²) in [6, 6.07) is 49.1. The maximum atomic E-state index is 12.8. The van der Waals surface area contributed by atoms with Crippen molar-refractivity contribution in [3.8, 4) is 44.9 Å². The molecule has 47 heavy (non-hydrogen) atoms. The Hall–Kier alpha value is -6.07. The van der Waals surface area contributed by atoms with Gasteiger partial charge in [0.25, 0.3) is 0 Å². The van der Waals surface area contributed by atoms with Crippen LogP contribution in [0.1, 0.15) is 24.2 Å². The quantitative estimate of drug-likeness (QED) is 0.181. The van der Waals surface area contributed by atoms with Gasteiger partial charge in [-0.05, 0) is 40.3 Å². The predicted octanol–water partition coefficient (Wildman–Crippen LogP) is 10.9. The number of para-hydroxylation sites is 1. The summed E-state index contributed by atoms with van der Waals surface area (Å²) in [6.45, 7) is 4.00. The first-order valence-corrected chi connectivity index (χ1v) is 15.8. The molecule has 0 bridgehead atoms. The average Bonchev–Trinajstić information content (AvgIpc) is 3.16. The number of methoxy groups -OCH3 is 1. The number of carbonyl (C=O) groups is 1. The lowest BCUT2D eigenvalue weighted by Crippen LogP contribution is -2.17. The van der Waals surface area contributed by atoms with Crippen molar-refractivity contribution in [3.05, 3.63) is 151 Å². The van der Waals surface area contributed by atoms with Crippen LogP contribution in [0.3, 0.4) is 0 Å². The third-order valence-electron chi connectivity index (χ3n) is 8.36. The molecule has 0 saturated carbocycles. The van der Waals surface area contributed by atoms with E-state index < -0.39 is 0 Å². The second-order valence-corrected chi connectivity index (χ2v) is 10.9. The summed E-state index contributed by atoms with van der Waals surface area (Å²) >= 11 is 0. The van der Waals surface area contributed by atoms with Crippen molar-refractivity contribution < 1.29 is 9.53 Å². The number of rotatable bonds is 5. The number of nitrogens with zero attached hydrogens (tertiary/aromatic N) is 3. The Morgan fingerprint density at radius 2 is 1.19 bits per heavy atom. The SMILES string of the molecule is CC.COC(=O)c1ccccc1-c1ccc2c3c(cccc13)N(c1cc(-c3ccccc3)nc(-c3ccccc3)n1)c1ccccc1-2. The molecule has 0 aliphatic carbocycles. The van der Waals surface area contributed by atoms with E-state index in [1.807, 2.05) is 86.6 Å². The minimum absolute atomic E-state index is 0.360. The summed E-state index contributed by atoms with van der Waals surface area (Å²) in [5.74, 6) is 1.07. The fourth-order valence-corrected chi connectivity index (χ4v) is 6.33. The Balaban J connectivity index is 0.00000172. The summed E-state index contributed by atoms with van der Waals surface area (Å²) < 4.78 is 5.15. The van der Waals surface area contributed by atoms with Crippen LogP contribution in [0.4, 0.5) is 17.2 Å². The van der Waals surface area contributed by atoms with Gasteiger partial charge in [-0.15, -0.1) is 0 Å². The summed E-state index contributed by atoms with van der Waals surface area (Å²) in [4.78, 5) is 25.3. The van der Waals surface area contributed by atoms with Crippen molar-refractivity contribution in [1.29, 1.82) is 0 Å². The maximum absolute atomic E-state index is 12.8. The molecule has 0 unspecified atom stereocenters. The number of anilines is 3. The van der Waals surface area contributed by atoms with Gasteiger partial charge in [-0.3, -0.25) is 4.90 Å². The van der Waals surface area contributed by atoms with Gasteiger partial charge in [0.2, 0.25) is 0 Å². The lowest BCUT2D eigenvalue weighted by Gasteiger charge is -2.33.